The van der Waals surface area contributed by atoms with Gasteiger partial charge in [-0.25, -0.2) is 0 Å². The molecule has 0 aliphatic carbocycles. The third-order valence-corrected chi connectivity index (χ3v) is 1.77. The Morgan fingerprint density at radius 1 is 1.00 bits per heavy atom. The highest BCUT2D eigenvalue weighted by atomic mass is 16.5. The van der Waals surface area contributed by atoms with Crippen LogP contribution in [-0.2, 0) is 0 Å². The second-order valence-electron chi connectivity index (χ2n) is 2.61. The predicted octanol–water partition coefficient (Wildman–Crippen LogP) is 3.76. The van der Waals surface area contributed by atoms with Crippen LogP contribution in [0.25, 0.3) is 6.08 Å². The first-order chi connectivity index (χ1) is 7.31. The lowest BCUT2D eigenvalue weighted by Gasteiger charge is -2.07. The van der Waals surface area contributed by atoms with Crippen molar-refractivity contribution in [2.24, 2.45) is 0 Å². The first-order valence-electron chi connectivity index (χ1n) is 5.16. The molecule has 84 valence electrons. The van der Waals surface area contributed by atoms with Crippen molar-refractivity contribution in [3.8, 4) is 11.5 Å². The molecule has 15 heavy (non-hydrogen) atoms. The summed E-state index contributed by atoms with van der Waals surface area (Å²) in [5.41, 5.74) is 1.11. The van der Waals surface area contributed by atoms with Crippen LogP contribution in [0.15, 0.2) is 24.3 Å². The number of benzene rings is 1. The van der Waals surface area contributed by atoms with Gasteiger partial charge < -0.3 is 9.47 Å². The van der Waals surface area contributed by atoms with Gasteiger partial charge in [-0.05, 0) is 24.6 Å². The molecule has 0 radical (unpaired) electrons. The Balaban J connectivity index is 0.000000921. The van der Waals surface area contributed by atoms with Gasteiger partial charge in [0.25, 0.3) is 0 Å². The van der Waals surface area contributed by atoms with Crippen LogP contribution in [0, 0.1) is 0 Å². The van der Waals surface area contributed by atoms with Crippen molar-refractivity contribution < 1.29 is 9.47 Å². The van der Waals surface area contributed by atoms with E-state index < -0.39 is 0 Å². The average molecular weight is 208 g/mol. The Bertz CT molecular complexity index is 303. The molecule has 0 spiro atoms. The molecule has 2 heteroatoms. The Morgan fingerprint density at radius 3 is 2.07 bits per heavy atom. The zero-order valence-corrected chi connectivity index (χ0v) is 10.2. The zero-order chi connectivity index (χ0) is 11.7. The first kappa shape index (κ1) is 13.6. The van der Waals surface area contributed by atoms with Gasteiger partial charge in [0.2, 0.25) is 0 Å². The molecule has 0 saturated carbocycles. The van der Waals surface area contributed by atoms with Gasteiger partial charge in [0.05, 0.1) is 14.2 Å². The van der Waals surface area contributed by atoms with E-state index in [2.05, 4.69) is 0 Å². The summed E-state index contributed by atoms with van der Waals surface area (Å²) in [6.45, 7) is 5.98. The van der Waals surface area contributed by atoms with E-state index in [1.807, 2.05) is 51.1 Å². The van der Waals surface area contributed by atoms with E-state index in [-0.39, 0.29) is 0 Å². The molecule has 2 nitrogen and oxygen atoms in total. The Hall–Kier alpha value is -1.44. The Kier molecular flexibility index (Phi) is 7.16. The van der Waals surface area contributed by atoms with E-state index in [0.717, 1.165) is 17.1 Å². The van der Waals surface area contributed by atoms with Crippen LogP contribution < -0.4 is 9.47 Å². The fourth-order valence-electron chi connectivity index (χ4n) is 1.15. The smallest absolute Gasteiger partial charge is 0.161 e. The quantitative estimate of drug-likeness (QED) is 0.753. The van der Waals surface area contributed by atoms with Gasteiger partial charge in [-0.3, -0.25) is 0 Å². The van der Waals surface area contributed by atoms with E-state index in [4.69, 9.17) is 9.47 Å². The summed E-state index contributed by atoms with van der Waals surface area (Å²) in [5, 5.41) is 0. The van der Waals surface area contributed by atoms with Gasteiger partial charge >= 0.3 is 0 Å². The number of ether oxygens (including phenoxy) is 2. The van der Waals surface area contributed by atoms with E-state index in [9.17, 15) is 0 Å². The van der Waals surface area contributed by atoms with E-state index in [1.165, 1.54) is 0 Å². The van der Waals surface area contributed by atoms with Gasteiger partial charge in [-0.1, -0.05) is 32.1 Å². The highest BCUT2D eigenvalue weighted by Gasteiger charge is 2.01. The second-order valence-corrected chi connectivity index (χ2v) is 2.61. The largest absolute Gasteiger partial charge is 0.493 e. The summed E-state index contributed by atoms with van der Waals surface area (Å²) in [4.78, 5) is 0. The normalized spacial score (nSPS) is 9.40. The van der Waals surface area contributed by atoms with E-state index in [1.54, 1.807) is 14.2 Å². The number of hydrogen-bond acceptors (Lipinski definition) is 2. The molecule has 0 atom stereocenters. The number of methoxy groups -OCH3 is 2. The van der Waals surface area contributed by atoms with Crippen molar-refractivity contribution in [3.05, 3.63) is 29.8 Å². The lowest BCUT2D eigenvalue weighted by atomic mass is 10.2. The molecule has 0 unspecified atom stereocenters. The molecular weight excluding hydrogens is 188 g/mol. The van der Waals surface area contributed by atoms with Gasteiger partial charge in [0.1, 0.15) is 0 Å². The van der Waals surface area contributed by atoms with Crippen LogP contribution in [0.3, 0.4) is 0 Å². The summed E-state index contributed by atoms with van der Waals surface area (Å²) in [7, 11) is 3.27. The SMILES string of the molecule is C/C=C/c1ccc(OC)c(OC)c1.CC. The van der Waals surface area contributed by atoms with Crippen molar-refractivity contribution in [1.29, 1.82) is 0 Å². The van der Waals surface area contributed by atoms with Gasteiger partial charge in [-0.15, -0.1) is 0 Å². The number of rotatable bonds is 3. The van der Waals surface area contributed by atoms with Crippen LogP contribution in [0.4, 0.5) is 0 Å². The monoisotopic (exact) mass is 208 g/mol. The zero-order valence-electron chi connectivity index (χ0n) is 10.2. The maximum absolute atomic E-state index is 5.16. The molecular formula is C13H20O2. The molecule has 0 N–H and O–H groups in total. The van der Waals surface area contributed by atoms with Crippen LogP contribution in [-0.4, -0.2) is 14.2 Å². The lowest BCUT2D eigenvalue weighted by Crippen LogP contribution is -1.90. The number of hydrogen-bond donors (Lipinski definition) is 0. The molecule has 1 aromatic rings. The first-order valence-corrected chi connectivity index (χ1v) is 5.16. The molecule has 0 amide bonds. The van der Waals surface area contributed by atoms with Crippen molar-refractivity contribution in [2.45, 2.75) is 20.8 Å². The average Bonchev–Trinajstić information content (AvgIpc) is 2.32. The van der Waals surface area contributed by atoms with Crippen LogP contribution in [0.5, 0.6) is 11.5 Å². The van der Waals surface area contributed by atoms with Crippen LogP contribution >= 0.6 is 0 Å². The molecule has 0 aromatic heterocycles. The maximum Gasteiger partial charge on any atom is 0.161 e. The van der Waals surface area contributed by atoms with E-state index in [0.29, 0.717) is 0 Å². The van der Waals surface area contributed by atoms with Crippen molar-refractivity contribution >= 4 is 6.08 Å². The molecule has 0 bridgehead atoms. The summed E-state index contributed by atoms with van der Waals surface area (Å²) in [6, 6.07) is 5.83. The third kappa shape index (κ3) is 4.07. The fraction of sp³-hybridized carbons (Fsp3) is 0.385. The Labute approximate surface area is 92.5 Å². The minimum atomic E-state index is 0.760. The lowest BCUT2D eigenvalue weighted by molar-refractivity contribution is 0.355. The minimum absolute atomic E-state index is 0.760. The summed E-state index contributed by atoms with van der Waals surface area (Å²) in [6.07, 6.45) is 4.00. The second kappa shape index (κ2) is 7.92. The van der Waals surface area contributed by atoms with Gasteiger partial charge in [-0.2, -0.15) is 0 Å². The third-order valence-electron chi connectivity index (χ3n) is 1.77. The van der Waals surface area contributed by atoms with Crippen molar-refractivity contribution in [1.82, 2.24) is 0 Å². The number of allylic oxidation sites excluding steroid dienone is 1. The van der Waals surface area contributed by atoms with Crippen LogP contribution in [0.1, 0.15) is 26.3 Å². The topological polar surface area (TPSA) is 18.5 Å². The molecule has 1 rings (SSSR count). The van der Waals surface area contributed by atoms with E-state index >= 15 is 0 Å². The highest BCUT2D eigenvalue weighted by molar-refractivity contribution is 5.55. The van der Waals surface area contributed by atoms with Crippen LogP contribution in [0.2, 0.25) is 0 Å². The van der Waals surface area contributed by atoms with Gasteiger partial charge in [0.15, 0.2) is 11.5 Å². The minimum Gasteiger partial charge on any atom is -0.493 e. The molecule has 0 aliphatic rings. The van der Waals surface area contributed by atoms with Crippen molar-refractivity contribution in [2.75, 3.05) is 14.2 Å². The maximum atomic E-state index is 5.16. The Morgan fingerprint density at radius 2 is 1.60 bits per heavy atom. The predicted molar refractivity (Wildman–Crippen MR) is 65.6 cm³/mol. The van der Waals surface area contributed by atoms with Crippen molar-refractivity contribution in [3.63, 3.8) is 0 Å². The fourth-order valence-corrected chi connectivity index (χ4v) is 1.15. The highest BCUT2D eigenvalue weighted by Crippen LogP contribution is 2.27. The molecule has 0 aliphatic heterocycles. The standard InChI is InChI=1S/C11H14O2.C2H6/c1-4-5-9-6-7-10(12-2)11(8-9)13-3;1-2/h4-8H,1-3H3;1-2H3/b5-4+;. The summed E-state index contributed by atoms with van der Waals surface area (Å²) >= 11 is 0. The summed E-state index contributed by atoms with van der Waals surface area (Å²) in [5.74, 6) is 1.52. The molecule has 0 fully saturated rings. The molecule has 0 heterocycles. The summed E-state index contributed by atoms with van der Waals surface area (Å²) < 4.78 is 10.3. The molecule has 1 aromatic carbocycles. The molecule has 0 saturated heterocycles. The van der Waals surface area contributed by atoms with Gasteiger partial charge in [0, 0.05) is 0 Å².